The normalized spacial score (nSPS) is 14.9. The maximum atomic E-state index is 11.4. The number of rotatable bonds is 2. The van der Waals surface area contributed by atoms with Gasteiger partial charge in [-0.25, -0.2) is 4.79 Å². The van der Waals surface area contributed by atoms with Gasteiger partial charge in [0, 0.05) is 18.8 Å². The van der Waals surface area contributed by atoms with Crippen LogP contribution < -0.4 is 16.8 Å². The molecule has 0 atom stereocenters. The monoisotopic (exact) mass is 248 g/mol. The van der Waals surface area contributed by atoms with E-state index in [4.69, 9.17) is 11.5 Å². The van der Waals surface area contributed by atoms with Crippen LogP contribution in [0.1, 0.15) is 11.1 Å². The number of nitrogens with two attached hydrogens (primary N) is 2. The summed E-state index contributed by atoms with van der Waals surface area (Å²) in [7, 11) is 0. The minimum absolute atomic E-state index is 0.150. The topological polar surface area (TPSA) is 101 Å². The van der Waals surface area contributed by atoms with Crippen molar-refractivity contribution in [3.05, 3.63) is 29.3 Å². The molecule has 18 heavy (non-hydrogen) atoms. The fraction of sp³-hybridized carbons (Fsp3) is 0.333. The molecule has 96 valence electrons. The lowest BCUT2D eigenvalue weighted by atomic mass is 9.98. The molecule has 0 spiro atoms. The van der Waals surface area contributed by atoms with E-state index in [1.165, 1.54) is 5.56 Å². The Bertz CT molecular complexity index is 487. The summed E-state index contributed by atoms with van der Waals surface area (Å²) < 4.78 is 0. The minimum Gasteiger partial charge on any atom is -0.398 e. The Labute approximate surface area is 105 Å². The first kappa shape index (κ1) is 12.4. The quantitative estimate of drug-likeness (QED) is 0.632. The molecule has 5 N–H and O–H groups in total. The molecule has 0 aromatic heterocycles. The van der Waals surface area contributed by atoms with Crippen LogP contribution in [0, 0.1) is 0 Å². The third-order valence-corrected chi connectivity index (χ3v) is 3.02. The maximum absolute atomic E-state index is 11.4. The van der Waals surface area contributed by atoms with E-state index in [0.29, 0.717) is 6.54 Å². The largest absolute Gasteiger partial charge is 0.398 e. The fourth-order valence-corrected chi connectivity index (χ4v) is 2.18. The number of nitrogen functional groups attached to an aromatic ring is 1. The van der Waals surface area contributed by atoms with Gasteiger partial charge in [0.2, 0.25) is 5.91 Å². The molecule has 0 fully saturated rings. The molecule has 3 amide bonds. The van der Waals surface area contributed by atoms with Gasteiger partial charge in [-0.05, 0) is 23.6 Å². The third kappa shape index (κ3) is 2.78. The number of benzene rings is 1. The fourth-order valence-electron chi connectivity index (χ4n) is 2.18. The zero-order valence-corrected chi connectivity index (χ0v) is 9.98. The molecule has 1 heterocycles. The summed E-state index contributed by atoms with van der Waals surface area (Å²) in [6, 6.07) is 5.01. The summed E-state index contributed by atoms with van der Waals surface area (Å²) in [5, 5.41) is 2.06. The molecule has 1 aliphatic rings. The van der Waals surface area contributed by atoms with Crippen LogP contribution in [0.15, 0.2) is 18.2 Å². The Morgan fingerprint density at radius 1 is 1.39 bits per heavy atom. The highest BCUT2D eigenvalue weighted by molar-refractivity contribution is 5.94. The molecule has 6 heteroatoms. The molecule has 1 aromatic rings. The van der Waals surface area contributed by atoms with Gasteiger partial charge in [-0.1, -0.05) is 12.1 Å². The molecule has 0 saturated heterocycles. The van der Waals surface area contributed by atoms with Gasteiger partial charge in [0.1, 0.15) is 0 Å². The number of imide groups is 1. The minimum atomic E-state index is -0.822. The van der Waals surface area contributed by atoms with E-state index < -0.39 is 6.03 Å². The number of hydrogen-bond acceptors (Lipinski definition) is 4. The van der Waals surface area contributed by atoms with Crippen molar-refractivity contribution >= 4 is 17.6 Å². The van der Waals surface area contributed by atoms with Crippen molar-refractivity contribution in [3.8, 4) is 0 Å². The molecule has 0 radical (unpaired) electrons. The van der Waals surface area contributed by atoms with Crippen LogP contribution in [-0.2, 0) is 17.8 Å². The van der Waals surface area contributed by atoms with Crippen LogP contribution in [-0.4, -0.2) is 29.9 Å². The lowest BCUT2D eigenvalue weighted by molar-refractivity contribution is -0.121. The van der Waals surface area contributed by atoms with Gasteiger partial charge in [-0.15, -0.1) is 0 Å². The molecule has 6 nitrogen and oxygen atoms in total. The van der Waals surface area contributed by atoms with E-state index in [0.717, 1.165) is 24.2 Å². The average Bonchev–Trinajstić information content (AvgIpc) is 2.29. The number of fused-ring (bicyclic) bond motifs is 1. The number of urea groups is 1. The predicted molar refractivity (Wildman–Crippen MR) is 67.6 cm³/mol. The van der Waals surface area contributed by atoms with Crippen molar-refractivity contribution in [2.24, 2.45) is 5.73 Å². The molecule has 1 aromatic carbocycles. The van der Waals surface area contributed by atoms with E-state index in [9.17, 15) is 9.59 Å². The highest BCUT2D eigenvalue weighted by Gasteiger charge is 2.20. The number of primary amides is 1. The summed E-state index contributed by atoms with van der Waals surface area (Å²) in [5.41, 5.74) is 13.8. The molecular weight excluding hydrogens is 232 g/mol. The lowest BCUT2D eigenvalue weighted by Gasteiger charge is -2.28. The number of nitrogens with zero attached hydrogens (tertiary/aromatic N) is 1. The second kappa shape index (κ2) is 5.05. The summed E-state index contributed by atoms with van der Waals surface area (Å²) >= 11 is 0. The van der Waals surface area contributed by atoms with Crippen LogP contribution in [0.3, 0.4) is 0 Å². The van der Waals surface area contributed by atoms with E-state index in [1.807, 2.05) is 23.1 Å². The summed E-state index contributed by atoms with van der Waals surface area (Å²) in [6.07, 6.45) is 0.851. The Morgan fingerprint density at radius 2 is 2.17 bits per heavy atom. The smallest absolute Gasteiger partial charge is 0.318 e. The van der Waals surface area contributed by atoms with Crippen molar-refractivity contribution in [2.45, 2.75) is 13.0 Å². The Kier molecular flexibility index (Phi) is 3.47. The highest BCUT2D eigenvalue weighted by atomic mass is 16.2. The number of amides is 3. The Balaban J connectivity index is 2.01. The van der Waals surface area contributed by atoms with Crippen LogP contribution in [0.25, 0.3) is 0 Å². The van der Waals surface area contributed by atoms with Crippen molar-refractivity contribution in [3.63, 3.8) is 0 Å². The maximum Gasteiger partial charge on any atom is 0.318 e. The average molecular weight is 248 g/mol. The second-order valence-corrected chi connectivity index (χ2v) is 4.36. The van der Waals surface area contributed by atoms with Crippen LogP contribution >= 0.6 is 0 Å². The van der Waals surface area contributed by atoms with Gasteiger partial charge in [-0.3, -0.25) is 15.0 Å². The number of carbonyl (C=O) groups is 2. The molecule has 0 unspecified atom stereocenters. The first-order valence-electron chi connectivity index (χ1n) is 5.74. The molecular formula is C12H16N4O2. The standard InChI is InChI=1S/C12H16N4O2/c13-10-3-1-2-8-4-5-16(6-9(8)10)7-11(17)15-12(14)18/h1-3H,4-7,13H2,(H3,14,15,17,18). The zero-order chi connectivity index (χ0) is 13.1. The number of carbonyl (C=O) groups excluding carboxylic acids is 2. The zero-order valence-electron chi connectivity index (χ0n) is 9.98. The van der Waals surface area contributed by atoms with Crippen molar-refractivity contribution < 1.29 is 9.59 Å². The van der Waals surface area contributed by atoms with E-state index >= 15 is 0 Å². The van der Waals surface area contributed by atoms with Gasteiger partial charge in [0.25, 0.3) is 0 Å². The molecule has 1 aliphatic heterocycles. The Hall–Kier alpha value is -2.08. The third-order valence-electron chi connectivity index (χ3n) is 3.02. The van der Waals surface area contributed by atoms with E-state index in [2.05, 4.69) is 5.32 Å². The molecule has 0 saturated carbocycles. The Morgan fingerprint density at radius 3 is 2.89 bits per heavy atom. The summed E-state index contributed by atoms with van der Waals surface area (Å²) in [5.74, 6) is -0.388. The van der Waals surface area contributed by atoms with Crippen molar-refractivity contribution in [1.82, 2.24) is 10.2 Å². The predicted octanol–water partition coefficient (Wildman–Crippen LogP) is -0.178. The van der Waals surface area contributed by atoms with E-state index in [-0.39, 0.29) is 12.5 Å². The molecule has 0 aliphatic carbocycles. The van der Waals surface area contributed by atoms with E-state index in [1.54, 1.807) is 0 Å². The SMILES string of the molecule is NC(=O)NC(=O)CN1CCc2cccc(N)c2C1. The first-order valence-corrected chi connectivity index (χ1v) is 5.74. The van der Waals surface area contributed by atoms with Crippen molar-refractivity contribution in [2.75, 3.05) is 18.8 Å². The van der Waals surface area contributed by atoms with Gasteiger partial charge in [-0.2, -0.15) is 0 Å². The van der Waals surface area contributed by atoms with Gasteiger partial charge < -0.3 is 11.5 Å². The first-order chi connectivity index (χ1) is 8.56. The van der Waals surface area contributed by atoms with Gasteiger partial charge >= 0.3 is 6.03 Å². The van der Waals surface area contributed by atoms with Crippen LogP contribution in [0.2, 0.25) is 0 Å². The van der Waals surface area contributed by atoms with Gasteiger partial charge in [0.05, 0.1) is 6.54 Å². The molecule has 2 rings (SSSR count). The van der Waals surface area contributed by atoms with Gasteiger partial charge in [0.15, 0.2) is 0 Å². The highest BCUT2D eigenvalue weighted by Crippen LogP contribution is 2.23. The van der Waals surface area contributed by atoms with Crippen LogP contribution in [0.4, 0.5) is 10.5 Å². The number of nitrogens with one attached hydrogen (secondary N) is 1. The second-order valence-electron chi connectivity index (χ2n) is 4.36. The lowest BCUT2D eigenvalue weighted by Crippen LogP contribution is -2.43. The summed E-state index contributed by atoms with van der Waals surface area (Å²) in [4.78, 5) is 23.9. The molecule has 0 bridgehead atoms. The van der Waals surface area contributed by atoms with Crippen LogP contribution in [0.5, 0.6) is 0 Å². The number of hydrogen-bond donors (Lipinski definition) is 3. The van der Waals surface area contributed by atoms with Crippen molar-refractivity contribution in [1.29, 1.82) is 0 Å². The summed E-state index contributed by atoms with van der Waals surface area (Å²) in [6.45, 7) is 1.54. The number of anilines is 1.